The zero-order valence-electron chi connectivity index (χ0n) is 37.5. The number of fused-ring (bicyclic) bond motifs is 3. The predicted octanol–water partition coefficient (Wildman–Crippen LogP) is 7.83. The summed E-state index contributed by atoms with van der Waals surface area (Å²) in [4.78, 5) is 39.9. The van der Waals surface area contributed by atoms with Crippen LogP contribution in [-0.4, -0.2) is 112 Å². The topological polar surface area (TPSA) is 175 Å². The van der Waals surface area contributed by atoms with Gasteiger partial charge in [-0.1, -0.05) is 25.0 Å². The molecule has 1 unspecified atom stereocenters. The molecular weight excluding hydrogens is 833 g/mol. The van der Waals surface area contributed by atoms with Crippen LogP contribution in [0.15, 0.2) is 77.0 Å². The number of anilines is 2. The minimum Gasteiger partial charge on any atom is -0.455 e. The van der Waals surface area contributed by atoms with Gasteiger partial charge in [-0.2, -0.15) is 0 Å². The van der Waals surface area contributed by atoms with Gasteiger partial charge in [0.1, 0.15) is 22.8 Å². The summed E-state index contributed by atoms with van der Waals surface area (Å²) in [5.41, 5.74) is 5.07. The molecule has 2 aromatic heterocycles. The molecule has 15 nitrogen and oxygen atoms in total. The number of H-pyrrole nitrogens is 1. The zero-order valence-corrected chi connectivity index (χ0v) is 38.3. The molecule has 2 atom stereocenters. The van der Waals surface area contributed by atoms with Crippen molar-refractivity contribution in [2.24, 2.45) is 29.1 Å². The number of aromatic nitrogens is 2. The molecule has 5 fully saturated rings. The number of nitrogens with zero attached hydrogens (tertiary/aromatic N) is 5. The van der Waals surface area contributed by atoms with E-state index in [0.717, 1.165) is 74.5 Å². The molecule has 2 saturated heterocycles. The number of hydrogen-bond acceptors (Lipinski definition) is 12. The standard InChI is InChI=1S/C48H62N8O7S/c1-48(2)13-9-33(41(27-48)40-26-43(53(3)4)35-21-34(40)22-35)30-54-15-17-55(18-16-54)36-5-7-39(45(24-36)63-37-23-32-10-14-49-46(32)51-29-37)47(57)52-64(60,61)38-6-8-42(44(25-38)56(58)59)50-28-31-11-19-62-20-12-31/h5-8,10,14,23-25,29,31,34-35,40,43,50H,9,11-13,15-22,26-28,30H2,1-4H3,(H,49,51)(H,52,57)/t34?,35?,40-,43?/m1/s1. The van der Waals surface area contributed by atoms with Crippen LogP contribution in [0.1, 0.15) is 75.6 Å². The van der Waals surface area contributed by atoms with Gasteiger partial charge in [-0.05, 0) is 131 Å². The monoisotopic (exact) mass is 894 g/mol. The maximum absolute atomic E-state index is 14.0. The van der Waals surface area contributed by atoms with Crippen LogP contribution in [0.2, 0.25) is 0 Å². The lowest BCUT2D eigenvalue weighted by Crippen LogP contribution is -2.52. The van der Waals surface area contributed by atoms with Crippen LogP contribution in [-0.2, 0) is 14.8 Å². The van der Waals surface area contributed by atoms with E-state index in [2.05, 4.69) is 62.6 Å². The van der Waals surface area contributed by atoms with Gasteiger partial charge in [-0.15, -0.1) is 0 Å². The van der Waals surface area contributed by atoms with Crippen molar-refractivity contribution in [2.45, 2.75) is 76.2 Å². The molecule has 6 aliphatic rings. The molecule has 4 aromatic rings. The molecule has 3 saturated carbocycles. The molecule has 0 spiro atoms. The Balaban J connectivity index is 0.919. The molecular formula is C48H62N8O7S. The number of nitro groups is 1. The molecule has 4 heterocycles. The number of piperazine rings is 1. The minimum atomic E-state index is -4.54. The molecule has 3 N–H and O–H groups in total. The van der Waals surface area contributed by atoms with Crippen molar-refractivity contribution in [1.29, 1.82) is 0 Å². The lowest BCUT2D eigenvalue weighted by Gasteiger charge is -2.55. The summed E-state index contributed by atoms with van der Waals surface area (Å²) in [6.45, 7) is 11.0. The summed E-state index contributed by atoms with van der Waals surface area (Å²) in [6, 6.07) is 13.1. The maximum atomic E-state index is 14.0. The fourth-order valence-electron chi connectivity index (χ4n) is 10.9. The third kappa shape index (κ3) is 9.51. The fraction of sp³-hybridized carbons (Fsp3) is 0.542. The number of hydrogen-bond donors (Lipinski definition) is 3. The number of amides is 1. The number of ether oxygens (including phenoxy) is 2. The van der Waals surface area contributed by atoms with E-state index in [9.17, 15) is 23.3 Å². The molecule has 342 valence electrons. The lowest BCUT2D eigenvalue weighted by atomic mass is 9.53. The Bertz CT molecular complexity index is 2520. The third-order valence-corrected chi connectivity index (χ3v) is 16.1. The summed E-state index contributed by atoms with van der Waals surface area (Å²) in [7, 11) is -0.0296. The zero-order chi connectivity index (χ0) is 44.8. The van der Waals surface area contributed by atoms with Crippen molar-refractivity contribution in [1.82, 2.24) is 24.5 Å². The predicted molar refractivity (Wildman–Crippen MR) is 247 cm³/mol. The van der Waals surface area contributed by atoms with E-state index in [4.69, 9.17) is 9.47 Å². The van der Waals surface area contributed by atoms with Gasteiger partial charge in [0.15, 0.2) is 0 Å². The van der Waals surface area contributed by atoms with E-state index in [1.807, 2.05) is 12.1 Å². The Labute approximate surface area is 376 Å². The lowest BCUT2D eigenvalue weighted by molar-refractivity contribution is -0.384. The Hall–Kier alpha value is -5.03. The van der Waals surface area contributed by atoms with Crippen LogP contribution >= 0.6 is 0 Å². The minimum absolute atomic E-state index is 0.0129. The Morgan fingerprint density at radius 2 is 1.81 bits per heavy atom. The van der Waals surface area contributed by atoms with E-state index in [0.29, 0.717) is 48.5 Å². The number of rotatable bonds is 14. The number of benzene rings is 2. The van der Waals surface area contributed by atoms with E-state index in [1.165, 1.54) is 50.7 Å². The van der Waals surface area contributed by atoms with Crippen LogP contribution in [0.3, 0.4) is 0 Å². The SMILES string of the molecule is CN(C)C1C[C@@H](C2=C(CN3CCN(c4ccc(C(=O)NS(=O)(=O)c5ccc(NCC6CCOCC6)c([N+](=O)[O-])c5)c(Oc5cnc6[nH]ccc6c5)c4)CC3)CCC(C)(C)C2)C2CC1C2. The first-order valence-corrected chi connectivity index (χ1v) is 24.4. The highest BCUT2D eigenvalue weighted by molar-refractivity contribution is 7.90. The van der Waals surface area contributed by atoms with Crippen molar-refractivity contribution in [2.75, 3.05) is 76.8 Å². The van der Waals surface area contributed by atoms with Crippen molar-refractivity contribution >= 4 is 44.0 Å². The fourth-order valence-corrected chi connectivity index (χ4v) is 11.9. The van der Waals surface area contributed by atoms with E-state index in [1.54, 1.807) is 41.7 Å². The number of pyridine rings is 1. The first kappa shape index (κ1) is 44.2. The van der Waals surface area contributed by atoms with Gasteiger partial charge in [0.05, 0.1) is 21.6 Å². The largest absolute Gasteiger partial charge is 0.455 e. The van der Waals surface area contributed by atoms with Crippen LogP contribution in [0.25, 0.3) is 11.0 Å². The molecule has 16 heteroatoms. The number of nitrogens with one attached hydrogen (secondary N) is 3. The van der Waals surface area contributed by atoms with Gasteiger partial charge >= 0.3 is 0 Å². The van der Waals surface area contributed by atoms with Gasteiger partial charge in [0, 0.05) is 87.9 Å². The highest BCUT2D eigenvalue weighted by Gasteiger charge is 2.49. The van der Waals surface area contributed by atoms with E-state index < -0.39 is 31.4 Å². The summed E-state index contributed by atoms with van der Waals surface area (Å²) < 4.78 is 41.4. The molecule has 0 radical (unpaired) electrons. The van der Waals surface area contributed by atoms with E-state index in [-0.39, 0.29) is 22.9 Å². The Morgan fingerprint density at radius 3 is 2.56 bits per heavy atom. The van der Waals surface area contributed by atoms with Crippen molar-refractivity contribution in [3.63, 3.8) is 0 Å². The first-order valence-electron chi connectivity index (χ1n) is 23.0. The van der Waals surface area contributed by atoms with E-state index >= 15 is 0 Å². The van der Waals surface area contributed by atoms with Crippen molar-refractivity contribution in [3.8, 4) is 11.5 Å². The quantitative estimate of drug-likeness (QED) is 0.0637. The van der Waals surface area contributed by atoms with Crippen LogP contribution in [0, 0.1) is 39.2 Å². The molecule has 64 heavy (non-hydrogen) atoms. The second-order valence-corrected chi connectivity index (χ2v) is 21.5. The molecule has 2 bridgehead atoms. The second-order valence-electron chi connectivity index (χ2n) is 19.8. The normalized spacial score (nSPS) is 24.1. The molecule has 1 amide bonds. The maximum Gasteiger partial charge on any atom is 0.293 e. The summed E-state index contributed by atoms with van der Waals surface area (Å²) >= 11 is 0. The van der Waals surface area contributed by atoms with Crippen LogP contribution < -0.4 is 19.7 Å². The molecule has 2 aliphatic heterocycles. The number of allylic oxidation sites excluding steroid dienone is 1. The van der Waals surface area contributed by atoms with Crippen LogP contribution in [0.4, 0.5) is 17.1 Å². The van der Waals surface area contributed by atoms with Gasteiger partial charge < -0.3 is 29.6 Å². The highest BCUT2D eigenvalue weighted by Crippen LogP contribution is 2.56. The number of nitro benzene ring substituents is 1. The van der Waals surface area contributed by atoms with Crippen molar-refractivity contribution < 1.29 is 27.6 Å². The third-order valence-electron chi connectivity index (χ3n) is 14.7. The average Bonchev–Trinajstić information content (AvgIpc) is 3.74. The molecule has 2 aromatic carbocycles. The van der Waals surface area contributed by atoms with Gasteiger partial charge in [0.2, 0.25) is 0 Å². The molecule has 4 aliphatic carbocycles. The van der Waals surface area contributed by atoms with Crippen molar-refractivity contribution in [3.05, 3.63) is 87.7 Å². The van der Waals surface area contributed by atoms with Crippen LogP contribution in [0.5, 0.6) is 11.5 Å². The number of carbonyl (C=O) groups is 1. The highest BCUT2D eigenvalue weighted by atomic mass is 32.2. The number of aromatic amines is 1. The smallest absolute Gasteiger partial charge is 0.293 e. The number of carbonyl (C=O) groups excluding carboxylic acids is 1. The average molecular weight is 895 g/mol. The molecule has 10 rings (SSSR count). The summed E-state index contributed by atoms with van der Waals surface area (Å²) in [5.74, 6) is 2.26. The second kappa shape index (κ2) is 18.1. The van der Waals surface area contributed by atoms with Gasteiger partial charge in [-0.25, -0.2) is 18.1 Å². The van der Waals surface area contributed by atoms with Gasteiger partial charge in [0.25, 0.3) is 21.6 Å². The Morgan fingerprint density at radius 1 is 1.03 bits per heavy atom. The van der Waals surface area contributed by atoms with Gasteiger partial charge in [-0.3, -0.25) is 19.8 Å². The Kier molecular flexibility index (Phi) is 12.5. The summed E-state index contributed by atoms with van der Waals surface area (Å²) in [5, 5.41) is 16.0. The first-order chi connectivity index (χ1) is 30.7. The number of sulfonamides is 1. The summed E-state index contributed by atoms with van der Waals surface area (Å²) in [6.07, 6.45) is 12.6.